The highest BCUT2D eigenvalue weighted by Crippen LogP contribution is 2.29. The summed E-state index contributed by atoms with van der Waals surface area (Å²) in [5, 5.41) is 5.78. The average molecular weight is 410 g/mol. The lowest BCUT2D eigenvalue weighted by atomic mass is 10.2. The summed E-state index contributed by atoms with van der Waals surface area (Å²) < 4.78 is 20.8. The Hall–Kier alpha value is -3.94. The monoisotopic (exact) mass is 410 g/mol. The summed E-state index contributed by atoms with van der Waals surface area (Å²) >= 11 is 0. The van der Waals surface area contributed by atoms with Crippen LogP contribution in [0.1, 0.15) is 16.1 Å². The molecule has 1 aromatic heterocycles. The number of benzene rings is 2. The number of para-hydroxylation sites is 1. The molecule has 30 heavy (non-hydrogen) atoms. The Labute approximate surface area is 173 Å². The van der Waals surface area contributed by atoms with Crippen LogP contribution in [0, 0.1) is 0 Å². The van der Waals surface area contributed by atoms with Crippen molar-refractivity contribution in [2.24, 2.45) is 0 Å². The SMILES string of the molecule is COc1ccc(NC(=O)COC(=O)c2ccccc2NCc2ccco2)cc1OC. The molecule has 0 fully saturated rings. The molecule has 8 heteroatoms. The van der Waals surface area contributed by atoms with Crippen LogP contribution in [-0.4, -0.2) is 32.7 Å². The topological polar surface area (TPSA) is 99.0 Å². The first-order chi connectivity index (χ1) is 14.6. The zero-order valence-electron chi connectivity index (χ0n) is 16.6. The van der Waals surface area contributed by atoms with Crippen molar-refractivity contribution in [3.63, 3.8) is 0 Å². The molecule has 0 aliphatic rings. The van der Waals surface area contributed by atoms with Crippen LogP contribution in [0.25, 0.3) is 0 Å². The molecule has 0 spiro atoms. The molecule has 1 amide bonds. The third-order valence-electron chi connectivity index (χ3n) is 4.18. The van der Waals surface area contributed by atoms with Gasteiger partial charge in [0.1, 0.15) is 5.76 Å². The number of ether oxygens (including phenoxy) is 3. The number of rotatable bonds is 9. The van der Waals surface area contributed by atoms with Gasteiger partial charge in [-0.25, -0.2) is 4.79 Å². The van der Waals surface area contributed by atoms with Gasteiger partial charge in [0.2, 0.25) is 0 Å². The number of anilines is 2. The predicted octanol–water partition coefficient (Wildman–Crippen LogP) is 3.70. The van der Waals surface area contributed by atoms with Crippen molar-refractivity contribution >= 4 is 23.3 Å². The number of nitrogens with one attached hydrogen (secondary N) is 2. The first-order valence-electron chi connectivity index (χ1n) is 9.15. The molecular weight excluding hydrogens is 388 g/mol. The van der Waals surface area contributed by atoms with Gasteiger partial charge < -0.3 is 29.3 Å². The molecular formula is C22H22N2O6. The summed E-state index contributed by atoms with van der Waals surface area (Å²) in [7, 11) is 3.03. The number of esters is 1. The lowest BCUT2D eigenvalue weighted by Crippen LogP contribution is -2.21. The van der Waals surface area contributed by atoms with Crippen LogP contribution in [0.5, 0.6) is 11.5 Å². The average Bonchev–Trinajstić information content (AvgIpc) is 3.30. The number of hydrogen-bond acceptors (Lipinski definition) is 7. The number of hydrogen-bond donors (Lipinski definition) is 2. The van der Waals surface area contributed by atoms with E-state index >= 15 is 0 Å². The molecule has 0 saturated heterocycles. The molecule has 0 saturated carbocycles. The Morgan fingerprint density at radius 3 is 2.50 bits per heavy atom. The fraction of sp³-hybridized carbons (Fsp3) is 0.182. The van der Waals surface area contributed by atoms with Gasteiger partial charge in [0, 0.05) is 17.4 Å². The van der Waals surface area contributed by atoms with E-state index in [4.69, 9.17) is 18.6 Å². The molecule has 0 bridgehead atoms. The van der Waals surface area contributed by atoms with Gasteiger partial charge >= 0.3 is 5.97 Å². The minimum Gasteiger partial charge on any atom is -0.493 e. The van der Waals surface area contributed by atoms with Gasteiger partial charge in [-0.05, 0) is 36.4 Å². The number of carbonyl (C=O) groups excluding carboxylic acids is 2. The summed E-state index contributed by atoms with van der Waals surface area (Å²) in [6.07, 6.45) is 1.58. The van der Waals surface area contributed by atoms with E-state index in [0.717, 1.165) is 5.76 Å². The molecule has 0 atom stereocenters. The van der Waals surface area contributed by atoms with E-state index in [0.29, 0.717) is 35.0 Å². The van der Waals surface area contributed by atoms with Crippen molar-refractivity contribution in [2.45, 2.75) is 6.54 Å². The Morgan fingerprint density at radius 2 is 1.77 bits per heavy atom. The second kappa shape index (κ2) is 10.0. The normalized spacial score (nSPS) is 10.2. The third kappa shape index (κ3) is 5.32. The van der Waals surface area contributed by atoms with Crippen LogP contribution in [0.2, 0.25) is 0 Å². The lowest BCUT2D eigenvalue weighted by Gasteiger charge is -2.12. The first kappa shape index (κ1) is 20.8. The van der Waals surface area contributed by atoms with Gasteiger partial charge in [-0.1, -0.05) is 12.1 Å². The Balaban J connectivity index is 1.57. The third-order valence-corrected chi connectivity index (χ3v) is 4.18. The Bertz CT molecular complexity index is 1000. The molecule has 0 aliphatic heterocycles. The van der Waals surface area contributed by atoms with Gasteiger partial charge in [0.05, 0.1) is 32.6 Å². The standard InChI is InChI=1S/C22H22N2O6/c1-27-19-10-9-15(12-20(19)28-2)24-21(25)14-30-22(26)17-7-3-4-8-18(17)23-13-16-6-5-11-29-16/h3-12,23H,13-14H2,1-2H3,(H,24,25). The van der Waals surface area contributed by atoms with E-state index in [9.17, 15) is 9.59 Å². The van der Waals surface area contributed by atoms with Gasteiger partial charge in [-0.2, -0.15) is 0 Å². The van der Waals surface area contributed by atoms with Crippen molar-refractivity contribution in [1.82, 2.24) is 0 Å². The maximum Gasteiger partial charge on any atom is 0.340 e. The molecule has 2 N–H and O–H groups in total. The molecule has 3 aromatic rings. The first-order valence-corrected chi connectivity index (χ1v) is 9.15. The zero-order valence-corrected chi connectivity index (χ0v) is 16.6. The van der Waals surface area contributed by atoms with Crippen LogP contribution < -0.4 is 20.1 Å². The zero-order chi connectivity index (χ0) is 21.3. The predicted molar refractivity (Wildman–Crippen MR) is 111 cm³/mol. The molecule has 3 rings (SSSR count). The van der Waals surface area contributed by atoms with E-state index in [1.807, 2.05) is 6.07 Å². The second-order valence-electron chi connectivity index (χ2n) is 6.17. The van der Waals surface area contributed by atoms with Gasteiger partial charge in [-0.3, -0.25) is 4.79 Å². The van der Waals surface area contributed by atoms with Gasteiger partial charge in [0.25, 0.3) is 5.91 Å². The van der Waals surface area contributed by atoms with E-state index in [-0.39, 0.29) is 0 Å². The molecule has 0 radical (unpaired) electrons. The van der Waals surface area contributed by atoms with Gasteiger partial charge in [-0.15, -0.1) is 0 Å². The quantitative estimate of drug-likeness (QED) is 0.519. The lowest BCUT2D eigenvalue weighted by molar-refractivity contribution is -0.119. The maximum absolute atomic E-state index is 12.5. The summed E-state index contributed by atoms with van der Waals surface area (Å²) in [4.78, 5) is 24.6. The van der Waals surface area contributed by atoms with Crippen molar-refractivity contribution in [3.8, 4) is 11.5 Å². The fourth-order valence-electron chi connectivity index (χ4n) is 2.73. The van der Waals surface area contributed by atoms with E-state index in [2.05, 4.69) is 10.6 Å². The van der Waals surface area contributed by atoms with Crippen molar-refractivity contribution in [2.75, 3.05) is 31.5 Å². The number of carbonyl (C=O) groups is 2. The Morgan fingerprint density at radius 1 is 0.967 bits per heavy atom. The number of furan rings is 1. The molecule has 0 unspecified atom stereocenters. The van der Waals surface area contributed by atoms with Crippen molar-refractivity contribution in [1.29, 1.82) is 0 Å². The highest BCUT2D eigenvalue weighted by molar-refractivity contribution is 5.98. The number of methoxy groups -OCH3 is 2. The minimum atomic E-state index is -0.611. The minimum absolute atomic E-state index is 0.322. The fourth-order valence-corrected chi connectivity index (χ4v) is 2.73. The van der Waals surface area contributed by atoms with Crippen LogP contribution in [0.4, 0.5) is 11.4 Å². The molecule has 156 valence electrons. The summed E-state index contributed by atoms with van der Waals surface area (Å²) in [5.74, 6) is 0.661. The largest absolute Gasteiger partial charge is 0.493 e. The van der Waals surface area contributed by atoms with E-state index in [1.165, 1.54) is 14.2 Å². The summed E-state index contributed by atoms with van der Waals surface area (Å²) in [6.45, 7) is -0.0171. The Kier molecular flexibility index (Phi) is 6.94. The van der Waals surface area contributed by atoms with Crippen molar-refractivity contribution in [3.05, 3.63) is 72.2 Å². The molecule has 1 heterocycles. The number of amides is 1. The van der Waals surface area contributed by atoms with Crippen molar-refractivity contribution < 1.29 is 28.2 Å². The van der Waals surface area contributed by atoms with Crippen LogP contribution in [0.15, 0.2) is 65.3 Å². The maximum atomic E-state index is 12.5. The van der Waals surface area contributed by atoms with Crippen LogP contribution in [0.3, 0.4) is 0 Å². The molecule has 2 aromatic carbocycles. The highest BCUT2D eigenvalue weighted by atomic mass is 16.5. The van der Waals surface area contributed by atoms with E-state index < -0.39 is 18.5 Å². The highest BCUT2D eigenvalue weighted by Gasteiger charge is 2.15. The molecule has 0 aliphatic carbocycles. The van der Waals surface area contributed by atoms with Gasteiger partial charge in [0.15, 0.2) is 18.1 Å². The molecule has 8 nitrogen and oxygen atoms in total. The van der Waals surface area contributed by atoms with Crippen LogP contribution in [-0.2, 0) is 16.1 Å². The second-order valence-corrected chi connectivity index (χ2v) is 6.17. The summed E-state index contributed by atoms with van der Waals surface area (Å²) in [6, 6.07) is 15.5. The van der Waals surface area contributed by atoms with Crippen LogP contribution >= 0.6 is 0 Å². The summed E-state index contributed by atoms with van der Waals surface area (Å²) in [5.41, 5.74) is 1.40. The smallest absolute Gasteiger partial charge is 0.340 e. The van der Waals surface area contributed by atoms with E-state index in [1.54, 1.807) is 54.8 Å².